The summed E-state index contributed by atoms with van der Waals surface area (Å²) in [5.74, 6) is 0. The van der Waals surface area contributed by atoms with Gasteiger partial charge < -0.3 is 11.5 Å². The highest BCUT2D eigenvalue weighted by molar-refractivity contribution is 5.30. The molecule has 0 fully saturated rings. The quantitative estimate of drug-likeness (QED) is 0.866. The molecule has 0 spiro atoms. The molecule has 0 aliphatic carbocycles. The van der Waals surface area contributed by atoms with Gasteiger partial charge in [-0.1, -0.05) is 59.7 Å². The van der Waals surface area contributed by atoms with Crippen molar-refractivity contribution >= 4 is 0 Å². The van der Waals surface area contributed by atoms with Crippen LogP contribution in [0.5, 0.6) is 0 Å². The van der Waals surface area contributed by atoms with Gasteiger partial charge in [0.25, 0.3) is 0 Å². The Hall–Kier alpha value is -1.64. The van der Waals surface area contributed by atoms with Gasteiger partial charge in [0.15, 0.2) is 0 Å². The van der Waals surface area contributed by atoms with E-state index in [1.807, 2.05) is 24.3 Å². The van der Waals surface area contributed by atoms with E-state index in [9.17, 15) is 0 Å². The van der Waals surface area contributed by atoms with Crippen LogP contribution >= 0.6 is 0 Å². The van der Waals surface area contributed by atoms with E-state index in [4.69, 9.17) is 11.5 Å². The standard InChI is InChI=1S/C16H20N2/c1-11-3-7-13(8-4-11)15(17)16(18)14-9-5-12(2)6-10-14/h3-10,15-16H,17-18H2,1-2H3/t15-,16-/m1/s1. The van der Waals surface area contributed by atoms with Crippen molar-refractivity contribution in [1.82, 2.24) is 0 Å². The summed E-state index contributed by atoms with van der Waals surface area (Å²) in [5.41, 5.74) is 17.1. The number of hydrogen-bond donors (Lipinski definition) is 2. The van der Waals surface area contributed by atoms with E-state index in [0.717, 1.165) is 11.1 Å². The Bertz CT molecular complexity index is 450. The van der Waals surface area contributed by atoms with Crippen LogP contribution < -0.4 is 11.5 Å². The summed E-state index contributed by atoms with van der Waals surface area (Å²) in [6, 6.07) is 16.1. The topological polar surface area (TPSA) is 52.0 Å². The fourth-order valence-electron chi connectivity index (χ4n) is 1.99. The third-order valence-electron chi connectivity index (χ3n) is 3.31. The second-order valence-corrected chi connectivity index (χ2v) is 4.87. The SMILES string of the molecule is Cc1ccc([C@@H](N)[C@H](N)c2ccc(C)cc2)cc1. The number of nitrogens with two attached hydrogens (primary N) is 2. The molecule has 0 heterocycles. The van der Waals surface area contributed by atoms with E-state index in [1.165, 1.54) is 11.1 Å². The fourth-order valence-corrected chi connectivity index (χ4v) is 1.99. The Morgan fingerprint density at radius 3 is 1.17 bits per heavy atom. The summed E-state index contributed by atoms with van der Waals surface area (Å²) in [6.07, 6.45) is 0. The molecule has 2 aromatic carbocycles. The molecule has 0 saturated carbocycles. The number of aryl methyl sites for hydroxylation is 2. The van der Waals surface area contributed by atoms with Crippen molar-refractivity contribution in [3.63, 3.8) is 0 Å². The van der Waals surface area contributed by atoms with E-state index in [1.54, 1.807) is 0 Å². The minimum atomic E-state index is -0.173. The molecular formula is C16H20N2. The molecule has 4 N–H and O–H groups in total. The molecule has 18 heavy (non-hydrogen) atoms. The first kappa shape index (κ1) is 12.8. The lowest BCUT2D eigenvalue weighted by molar-refractivity contribution is 0.574. The average Bonchev–Trinajstić information content (AvgIpc) is 2.39. The second-order valence-electron chi connectivity index (χ2n) is 4.87. The Balaban J connectivity index is 2.20. The van der Waals surface area contributed by atoms with Crippen molar-refractivity contribution in [2.24, 2.45) is 11.5 Å². The maximum Gasteiger partial charge on any atom is 0.0491 e. The molecule has 2 atom stereocenters. The predicted molar refractivity (Wildman–Crippen MR) is 76.2 cm³/mol. The van der Waals surface area contributed by atoms with Crippen LogP contribution in [0.2, 0.25) is 0 Å². The van der Waals surface area contributed by atoms with Gasteiger partial charge in [0.1, 0.15) is 0 Å². The first-order chi connectivity index (χ1) is 8.58. The summed E-state index contributed by atoms with van der Waals surface area (Å²) in [5, 5.41) is 0. The van der Waals surface area contributed by atoms with Crippen LogP contribution in [-0.2, 0) is 0 Å². The molecule has 0 aliphatic heterocycles. The highest BCUT2D eigenvalue weighted by atomic mass is 14.8. The summed E-state index contributed by atoms with van der Waals surface area (Å²) in [4.78, 5) is 0. The number of rotatable bonds is 3. The minimum absolute atomic E-state index is 0.173. The maximum absolute atomic E-state index is 6.23. The molecule has 0 aliphatic rings. The third-order valence-corrected chi connectivity index (χ3v) is 3.31. The molecule has 2 rings (SSSR count). The largest absolute Gasteiger partial charge is 0.322 e. The Labute approximate surface area is 109 Å². The highest BCUT2D eigenvalue weighted by Crippen LogP contribution is 2.24. The predicted octanol–water partition coefficient (Wildman–Crippen LogP) is 3.00. The van der Waals surface area contributed by atoms with Gasteiger partial charge in [-0.05, 0) is 25.0 Å². The van der Waals surface area contributed by atoms with Crippen LogP contribution in [0.1, 0.15) is 34.3 Å². The van der Waals surface area contributed by atoms with Crippen LogP contribution in [0.3, 0.4) is 0 Å². The van der Waals surface area contributed by atoms with Gasteiger partial charge in [-0.3, -0.25) is 0 Å². The monoisotopic (exact) mass is 240 g/mol. The lowest BCUT2D eigenvalue weighted by Gasteiger charge is -2.21. The molecule has 0 radical (unpaired) electrons. The van der Waals surface area contributed by atoms with Gasteiger partial charge in [-0.25, -0.2) is 0 Å². The zero-order chi connectivity index (χ0) is 13.1. The van der Waals surface area contributed by atoms with E-state index in [0.29, 0.717) is 0 Å². The van der Waals surface area contributed by atoms with Crippen LogP contribution in [0.25, 0.3) is 0 Å². The summed E-state index contributed by atoms with van der Waals surface area (Å²) in [7, 11) is 0. The Morgan fingerprint density at radius 2 is 0.889 bits per heavy atom. The summed E-state index contributed by atoms with van der Waals surface area (Å²) >= 11 is 0. The molecule has 94 valence electrons. The Morgan fingerprint density at radius 1 is 0.611 bits per heavy atom. The van der Waals surface area contributed by atoms with Crippen molar-refractivity contribution in [1.29, 1.82) is 0 Å². The molecule has 0 aromatic heterocycles. The summed E-state index contributed by atoms with van der Waals surface area (Å²) < 4.78 is 0. The van der Waals surface area contributed by atoms with Crippen molar-refractivity contribution in [3.05, 3.63) is 70.8 Å². The van der Waals surface area contributed by atoms with Crippen molar-refractivity contribution < 1.29 is 0 Å². The van der Waals surface area contributed by atoms with Gasteiger partial charge in [-0.15, -0.1) is 0 Å². The first-order valence-electron chi connectivity index (χ1n) is 6.22. The van der Waals surface area contributed by atoms with Crippen molar-refractivity contribution in [3.8, 4) is 0 Å². The average molecular weight is 240 g/mol. The number of benzene rings is 2. The lowest BCUT2D eigenvalue weighted by Crippen LogP contribution is -2.26. The van der Waals surface area contributed by atoms with Gasteiger partial charge >= 0.3 is 0 Å². The van der Waals surface area contributed by atoms with Gasteiger partial charge in [-0.2, -0.15) is 0 Å². The van der Waals surface area contributed by atoms with E-state index in [2.05, 4.69) is 38.1 Å². The zero-order valence-corrected chi connectivity index (χ0v) is 10.9. The zero-order valence-electron chi connectivity index (χ0n) is 10.9. The van der Waals surface area contributed by atoms with Crippen LogP contribution in [0.4, 0.5) is 0 Å². The second kappa shape index (κ2) is 5.34. The fraction of sp³-hybridized carbons (Fsp3) is 0.250. The van der Waals surface area contributed by atoms with Crippen molar-refractivity contribution in [2.45, 2.75) is 25.9 Å². The molecule has 0 bridgehead atoms. The van der Waals surface area contributed by atoms with Crippen LogP contribution in [0.15, 0.2) is 48.5 Å². The van der Waals surface area contributed by atoms with Crippen LogP contribution in [-0.4, -0.2) is 0 Å². The van der Waals surface area contributed by atoms with E-state index >= 15 is 0 Å². The minimum Gasteiger partial charge on any atom is -0.322 e. The van der Waals surface area contributed by atoms with E-state index in [-0.39, 0.29) is 12.1 Å². The van der Waals surface area contributed by atoms with E-state index < -0.39 is 0 Å². The smallest absolute Gasteiger partial charge is 0.0491 e. The van der Waals surface area contributed by atoms with Gasteiger partial charge in [0.05, 0.1) is 0 Å². The summed E-state index contributed by atoms with van der Waals surface area (Å²) in [6.45, 7) is 4.13. The molecule has 2 nitrogen and oxygen atoms in total. The highest BCUT2D eigenvalue weighted by Gasteiger charge is 2.16. The van der Waals surface area contributed by atoms with Crippen molar-refractivity contribution in [2.75, 3.05) is 0 Å². The van der Waals surface area contributed by atoms with Crippen LogP contribution in [0, 0.1) is 13.8 Å². The molecule has 0 amide bonds. The number of hydrogen-bond acceptors (Lipinski definition) is 2. The van der Waals surface area contributed by atoms with Gasteiger partial charge in [0.2, 0.25) is 0 Å². The molecule has 2 heteroatoms. The maximum atomic E-state index is 6.23. The third kappa shape index (κ3) is 2.78. The molecule has 2 aromatic rings. The molecule has 0 saturated heterocycles. The normalized spacial score (nSPS) is 14.2. The Kier molecular flexibility index (Phi) is 3.80. The lowest BCUT2D eigenvalue weighted by atomic mass is 9.94. The first-order valence-corrected chi connectivity index (χ1v) is 6.22. The molecule has 0 unspecified atom stereocenters. The van der Waals surface area contributed by atoms with Gasteiger partial charge in [0, 0.05) is 12.1 Å². The molecular weight excluding hydrogens is 220 g/mol.